The average Bonchev–Trinajstić information content (AvgIpc) is 2.73. The summed E-state index contributed by atoms with van der Waals surface area (Å²) in [5, 5.41) is 2.92. The maximum Gasteiger partial charge on any atom is 0.322 e. The number of nitrogens with zero attached hydrogens (tertiary/aromatic N) is 2. The Bertz CT molecular complexity index is 771. The summed E-state index contributed by atoms with van der Waals surface area (Å²) in [6.07, 6.45) is 0. The maximum absolute atomic E-state index is 12.6. The van der Waals surface area contributed by atoms with Gasteiger partial charge in [0.05, 0.1) is 27.0 Å². The fourth-order valence-corrected chi connectivity index (χ4v) is 3.07. The second kappa shape index (κ2) is 8.53. The topological polar surface area (TPSA) is 63.3 Å². The van der Waals surface area contributed by atoms with E-state index >= 15 is 0 Å². The summed E-state index contributed by atoms with van der Waals surface area (Å²) in [6, 6.07) is 13.1. The number of hydrogen-bond acceptors (Lipinski definition) is 5. The molecule has 1 fully saturated rings. The number of amides is 2. The molecule has 7 nitrogen and oxygen atoms in total. The molecule has 0 aliphatic carbocycles. The molecule has 2 amide bonds. The van der Waals surface area contributed by atoms with E-state index in [1.807, 2.05) is 24.3 Å². The van der Waals surface area contributed by atoms with Crippen LogP contribution in [0.2, 0.25) is 0 Å². The number of carbonyl (C=O) groups excluding carboxylic acids is 1. The Morgan fingerprint density at radius 3 is 2.07 bits per heavy atom. The third-order valence-electron chi connectivity index (χ3n) is 4.65. The minimum absolute atomic E-state index is 0.143. The molecule has 0 saturated carbocycles. The molecule has 0 atom stereocenters. The molecule has 2 aromatic rings. The molecule has 27 heavy (non-hydrogen) atoms. The molecule has 1 aliphatic rings. The summed E-state index contributed by atoms with van der Waals surface area (Å²) in [7, 11) is 4.82. The van der Waals surface area contributed by atoms with E-state index in [0.717, 1.165) is 24.5 Å². The zero-order valence-electron chi connectivity index (χ0n) is 15.9. The van der Waals surface area contributed by atoms with Gasteiger partial charge in [0, 0.05) is 37.9 Å². The van der Waals surface area contributed by atoms with Crippen molar-refractivity contribution in [3.05, 3.63) is 42.5 Å². The summed E-state index contributed by atoms with van der Waals surface area (Å²) in [5.41, 5.74) is 1.73. The maximum atomic E-state index is 12.6. The highest BCUT2D eigenvalue weighted by Gasteiger charge is 2.22. The molecule has 144 valence electrons. The smallest absolute Gasteiger partial charge is 0.322 e. The Morgan fingerprint density at radius 2 is 1.48 bits per heavy atom. The van der Waals surface area contributed by atoms with Crippen LogP contribution in [0.1, 0.15) is 0 Å². The summed E-state index contributed by atoms with van der Waals surface area (Å²) >= 11 is 0. The zero-order valence-corrected chi connectivity index (χ0v) is 15.9. The third kappa shape index (κ3) is 4.36. The minimum atomic E-state index is -0.143. The molecular formula is C20H25N3O4. The lowest BCUT2D eigenvalue weighted by molar-refractivity contribution is 0.208. The van der Waals surface area contributed by atoms with Gasteiger partial charge in [-0.15, -0.1) is 0 Å². The van der Waals surface area contributed by atoms with Gasteiger partial charge in [0.1, 0.15) is 17.2 Å². The molecule has 1 saturated heterocycles. The van der Waals surface area contributed by atoms with E-state index in [-0.39, 0.29) is 6.03 Å². The fourth-order valence-electron chi connectivity index (χ4n) is 3.07. The number of methoxy groups -OCH3 is 3. The molecule has 0 spiro atoms. The summed E-state index contributed by atoms with van der Waals surface area (Å²) in [5.74, 6) is 2.10. The van der Waals surface area contributed by atoms with Gasteiger partial charge in [-0.25, -0.2) is 4.79 Å². The Balaban J connectivity index is 1.60. The molecular weight excluding hydrogens is 346 g/mol. The first-order valence-electron chi connectivity index (χ1n) is 8.81. The second-order valence-electron chi connectivity index (χ2n) is 6.17. The fraction of sp³-hybridized carbons (Fsp3) is 0.350. The van der Waals surface area contributed by atoms with E-state index in [2.05, 4.69) is 10.2 Å². The van der Waals surface area contributed by atoms with Crippen molar-refractivity contribution in [1.29, 1.82) is 0 Å². The van der Waals surface area contributed by atoms with E-state index in [1.165, 1.54) is 0 Å². The minimum Gasteiger partial charge on any atom is -0.497 e. The van der Waals surface area contributed by atoms with Gasteiger partial charge in [-0.1, -0.05) is 0 Å². The van der Waals surface area contributed by atoms with Gasteiger partial charge in [0.15, 0.2) is 0 Å². The van der Waals surface area contributed by atoms with Crippen LogP contribution < -0.4 is 24.4 Å². The lowest BCUT2D eigenvalue weighted by Gasteiger charge is -2.36. The highest BCUT2D eigenvalue weighted by molar-refractivity contribution is 5.91. The number of hydrogen-bond donors (Lipinski definition) is 1. The lowest BCUT2D eigenvalue weighted by Crippen LogP contribution is -2.50. The number of carbonyl (C=O) groups is 1. The molecule has 1 aliphatic heterocycles. The lowest BCUT2D eigenvalue weighted by atomic mass is 10.2. The van der Waals surface area contributed by atoms with E-state index in [0.29, 0.717) is 30.3 Å². The molecule has 1 N–H and O–H groups in total. The molecule has 3 rings (SSSR count). The first-order chi connectivity index (χ1) is 13.1. The van der Waals surface area contributed by atoms with Crippen LogP contribution in [-0.2, 0) is 0 Å². The molecule has 1 heterocycles. The highest BCUT2D eigenvalue weighted by atomic mass is 16.5. The van der Waals surface area contributed by atoms with Crippen LogP contribution in [0.3, 0.4) is 0 Å². The van der Waals surface area contributed by atoms with Crippen molar-refractivity contribution in [3.8, 4) is 17.2 Å². The van der Waals surface area contributed by atoms with Crippen molar-refractivity contribution in [3.63, 3.8) is 0 Å². The van der Waals surface area contributed by atoms with Gasteiger partial charge < -0.3 is 29.3 Å². The van der Waals surface area contributed by atoms with E-state index in [9.17, 15) is 4.79 Å². The number of benzene rings is 2. The van der Waals surface area contributed by atoms with Gasteiger partial charge in [-0.3, -0.25) is 0 Å². The van der Waals surface area contributed by atoms with Crippen LogP contribution in [0.5, 0.6) is 17.2 Å². The zero-order chi connectivity index (χ0) is 19.2. The van der Waals surface area contributed by atoms with Crippen molar-refractivity contribution in [1.82, 2.24) is 4.90 Å². The summed E-state index contributed by atoms with van der Waals surface area (Å²) in [6.45, 7) is 2.83. The number of piperazine rings is 1. The Hall–Kier alpha value is -3.09. The predicted octanol–water partition coefficient (Wildman–Crippen LogP) is 3.07. The van der Waals surface area contributed by atoms with Crippen molar-refractivity contribution in [2.45, 2.75) is 0 Å². The quantitative estimate of drug-likeness (QED) is 0.875. The van der Waals surface area contributed by atoms with E-state index < -0.39 is 0 Å². The van der Waals surface area contributed by atoms with E-state index in [1.54, 1.807) is 44.4 Å². The van der Waals surface area contributed by atoms with Gasteiger partial charge in [-0.05, 0) is 36.4 Å². The Labute approximate surface area is 159 Å². The van der Waals surface area contributed by atoms with Crippen molar-refractivity contribution in [2.75, 3.05) is 57.7 Å². The van der Waals surface area contributed by atoms with Gasteiger partial charge >= 0.3 is 6.03 Å². The van der Waals surface area contributed by atoms with Crippen LogP contribution in [0.4, 0.5) is 16.2 Å². The number of ether oxygens (including phenoxy) is 3. The molecule has 0 bridgehead atoms. The van der Waals surface area contributed by atoms with E-state index in [4.69, 9.17) is 14.2 Å². The number of anilines is 2. The Kier molecular flexibility index (Phi) is 5.90. The predicted molar refractivity (Wildman–Crippen MR) is 105 cm³/mol. The van der Waals surface area contributed by atoms with Gasteiger partial charge in [0.2, 0.25) is 0 Å². The number of rotatable bonds is 5. The standard InChI is InChI=1S/C20H25N3O4/c1-25-16-6-4-15(5-7-16)22-10-12-23(13-11-22)20(24)21-18-14-17(26-2)8-9-19(18)27-3/h4-9,14H,10-13H2,1-3H3,(H,21,24). The molecule has 0 aromatic heterocycles. The molecule has 2 aromatic carbocycles. The SMILES string of the molecule is COc1ccc(N2CCN(C(=O)Nc3cc(OC)ccc3OC)CC2)cc1. The second-order valence-corrected chi connectivity index (χ2v) is 6.17. The van der Waals surface area contributed by atoms with Crippen LogP contribution in [0, 0.1) is 0 Å². The molecule has 0 radical (unpaired) electrons. The van der Waals surface area contributed by atoms with Gasteiger partial charge in [0.25, 0.3) is 0 Å². The molecule has 0 unspecified atom stereocenters. The highest BCUT2D eigenvalue weighted by Crippen LogP contribution is 2.29. The van der Waals surface area contributed by atoms with Crippen molar-refractivity contribution >= 4 is 17.4 Å². The molecule has 7 heteroatoms. The van der Waals surface area contributed by atoms with Crippen LogP contribution in [0.15, 0.2) is 42.5 Å². The van der Waals surface area contributed by atoms with Crippen molar-refractivity contribution in [2.24, 2.45) is 0 Å². The number of urea groups is 1. The van der Waals surface area contributed by atoms with Crippen LogP contribution in [0.25, 0.3) is 0 Å². The average molecular weight is 371 g/mol. The first kappa shape index (κ1) is 18.7. The normalized spacial score (nSPS) is 13.9. The van der Waals surface area contributed by atoms with Crippen molar-refractivity contribution < 1.29 is 19.0 Å². The Morgan fingerprint density at radius 1 is 0.852 bits per heavy atom. The summed E-state index contributed by atoms with van der Waals surface area (Å²) < 4.78 is 15.7. The van der Waals surface area contributed by atoms with Gasteiger partial charge in [-0.2, -0.15) is 0 Å². The monoisotopic (exact) mass is 371 g/mol. The third-order valence-corrected chi connectivity index (χ3v) is 4.65. The van der Waals surface area contributed by atoms with Crippen LogP contribution >= 0.6 is 0 Å². The summed E-state index contributed by atoms with van der Waals surface area (Å²) in [4.78, 5) is 16.7. The largest absolute Gasteiger partial charge is 0.497 e. The number of nitrogens with one attached hydrogen (secondary N) is 1. The first-order valence-corrected chi connectivity index (χ1v) is 8.81. The van der Waals surface area contributed by atoms with Crippen LogP contribution in [-0.4, -0.2) is 58.4 Å².